The quantitative estimate of drug-likeness (QED) is 0.748. The van der Waals surface area contributed by atoms with E-state index in [1.165, 1.54) is 4.88 Å². The highest BCUT2D eigenvalue weighted by atomic mass is 79.9. The van der Waals surface area contributed by atoms with Crippen LogP contribution < -0.4 is 5.32 Å². The second-order valence-electron chi connectivity index (χ2n) is 6.29. The second-order valence-corrected chi connectivity index (χ2v) is 8.84. The Morgan fingerprint density at radius 2 is 1.92 bits per heavy atom. The Bertz CT molecular complexity index is 702. The summed E-state index contributed by atoms with van der Waals surface area (Å²) < 4.78 is 6.68. The molecule has 2 amide bonds. The number of nitrogens with zero attached hydrogens (tertiary/aromatic N) is 2. The predicted octanol–water partition coefficient (Wildman–Crippen LogP) is 3.73. The molecule has 0 aliphatic carbocycles. The first-order chi connectivity index (χ1) is 12.7. The van der Waals surface area contributed by atoms with E-state index >= 15 is 0 Å². The molecule has 1 saturated heterocycles. The molecule has 1 atom stereocenters. The molecule has 1 aromatic carbocycles. The molecule has 26 heavy (non-hydrogen) atoms. The van der Waals surface area contributed by atoms with Crippen LogP contribution in [0.1, 0.15) is 16.5 Å². The van der Waals surface area contributed by atoms with Crippen LogP contribution in [-0.2, 0) is 11.3 Å². The van der Waals surface area contributed by atoms with E-state index in [-0.39, 0.29) is 12.1 Å². The summed E-state index contributed by atoms with van der Waals surface area (Å²) >= 11 is 5.27. The minimum Gasteiger partial charge on any atom is -0.375 e. The van der Waals surface area contributed by atoms with Crippen molar-refractivity contribution in [3.05, 3.63) is 56.7 Å². The van der Waals surface area contributed by atoms with Crippen LogP contribution in [0.15, 0.2) is 46.3 Å². The van der Waals surface area contributed by atoms with Gasteiger partial charge in [-0.05, 0) is 33.6 Å². The summed E-state index contributed by atoms with van der Waals surface area (Å²) in [5, 5.41) is 3.01. The van der Waals surface area contributed by atoms with Crippen molar-refractivity contribution < 1.29 is 9.53 Å². The number of halogens is 1. The lowest BCUT2D eigenvalue weighted by Crippen LogP contribution is -2.51. The Labute approximate surface area is 167 Å². The molecule has 3 rings (SSSR count). The van der Waals surface area contributed by atoms with Gasteiger partial charge in [-0.15, -0.1) is 11.3 Å². The molecule has 1 aliphatic rings. The third kappa shape index (κ3) is 5.30. The molecule has 2 heterocycles. The van der Waals surface area contributed by atoms with Crippen LogP contribution in [0.3, 0.4) is 0 Å². The monoisotopic (exact) mass is 437 g/mol. The van der Waals surface area contributed by atoms with Crippen LogP contribution in [0.5, 0.6) is 0 Å². The summed E-state index contributed by atoms with van der Waals surface area (Å²) in [7, 11) is 1.67. The van der Waals surface area contributed by atoms with Crippen molar-refractivity contribution in [2.75, 3.05) is 39.8 Å². The fourth-order valence-electron chi connectivity index (χ4n) is 3.06. The summed E-state index contributed by atoms with van der Waals surface area (Å²) in [6.07, 6.45) is -0.126. The number of carbonyl (C=O) groups is 1. The molecular weight excluding hydrogens is 414 g/mol. The number of rotatable bonds is 6. The lowest BCUT2D eigenvalue weighted by atomic mass is 10.1. The van der Waals surface area contributed by atoms with E-state index < -0.39 is 0 Å². The first-order valence-electron chi connectivity index (χ1n) is 8.73. The van der Waals surface area contributed by atoms with Crippen LogP contribution >= 0.6 is 27.3 Å². The summed E-state index contributed by atoms with van der Waals surface area (Å²) in [6, 6.07) is 14.2. The zero-order chi connectivity index (χ0) is 18.4. The maximum atomic E-state index is 12.5. The summed E-state index contributed by atoms with van der Waals surface area (Å²) in [6.45, 7) is 4.72. The molecule has 5 nitrogen and oxygen atoms in total. The number of thiophene rings is 1. The first kappa shape index (κ1) is 19.4. The van der Waals surface area contributed by atoms with Gasteiger partial charge in [0.05, 0.1) is 9.89 Å². The van der Waals surface area contributed by atoms with Gasteiger partial charge in [-0.3, -0.25) is 4.90 Å². The highest BCUT2D eigenvalue weighted by Crippen LogP contribution is 2.23. The van der Waals surface area contributed by atoms with Crippen LogP contribution in [0, 0.1) is 0 Å². The molecule has 1 aliphatic heterocycles. The number of piperazine rings is 1. The molecular formula is C19H24BrN3O2S. The van der Waals surface area contributed by atoms with Gasteiger partial charge in [0.15, 0.2) is 0 Å². The Balaban J connectivity index is 1.43. The fourth-order valence-corrected chi connectivity index (χ4v) is 4.59. The maximum Gasteiger partial charge on any atom is 0.317 e. The molecule has 1 fully saturated rings. The van der Waals surface area contributed by atoms with Crippen LogP contribution in [-0.4, -0.2) is 55.7 Å². The molecule has 0 bridgehead atoms. The standard InChI is InChI=1S/C19H24BrN3O2S/c1-25-17(15-5-3-2-4-6-15)13-21-19(24)23-11-9-22(10-12-23)14-16-7-8-18(20)26-16/h2-8,17H,9-14H2,1H3,(H,21,24). The Morgan fingerprint density at radius 3 is 2.54 bits per heavy atom. The predicted molar refractivity (Wildman–Crippen MR) is 108 cm³/mol. The van der Waals surface area contributed by atoms with Crippen LogP contribution in [0.25, 0.3) is 0 Å². The van der Waals surface area contributed by atoms with Gasteiger partial charge in [0.25, 0.3) is 0 Å². The number of hydrogen-bond donors (Lipinski definition) is 1. The smallest absolute Gasteiger partial charge is 0.317 e. The lowest BCUT2D eigenvalue weighted by molar-refractivity contribution is 0.0972. The number of carbonyl (C=O) groups excluding carboxylic acids is 1. The van der Waals surface area contributed by atoms with Crippen molar-refractivity contribution >= 4 is 33.3 Å². The Kier molecular flexibility index (Phi) is 7.07. The van der Waals surface area contributed by atoms with Crippen molar-refractivity contribution in [1.82, 2.24) is 15.1 Å². The summed E-state index contributed by atoms with van der Waals surface area (Å²) in [5.41, 5.74) is 1.07. The van der Waals surface area contributed by atoms with E-state index in [0.29, 0.717) is 6.54 Å². The second kappa shape index (κ2) is 9.50. The van der Waals surface area contributed by atoms with Gasteiger partial charge >= 0.3 is 6.03 Å². The van der Waals surface area contributed by atoms with Gasteiger partial charge in [0, 0.05) is 51.3 Å². The minimum absolute atomic E-state index is 0.0125. The van der Waals surface area contributed by atoms with Crippen molar-refractivity contribution in [2.24, 2.45) is 0 Å². The number of nitrogens with one attached hydrogen (secondary N) is 1. The molecule has 140 valence electrons. The molecule has 7 heteroatoms. The van der Waals surface area contributed by atoms with Gasteiger partial charge in [-0.1, -0.05) is 30.3 Å². The Morgan fingerprint density at radius 1 is 1.19 bits per heavy atom. The zero-order valence-electron chi connectivity index (χ0n) is 14.9. The van der Waals surface area contributed by atoms with Gasteiger partial charge < -0.3 is 15.0 Å². The van der Waals surface area contributed by atoms with E-state index in [4.69, 9.17) is 4.74 Å². The number of urea groups is 1. The van der Waals surface area contributed by atoms with Crippen molar-refractivity contribution in [3.63, 3.8) is 0 Å². The van der Waals surface area contributed by atoms with E-state index in [1.54, 1.807) is 18.4 Å². The van der Waals surface area contributed by atoms with Gasteiger partial charge in [0.1, 0.15) is 0 Å². The average Bonchev–Trinajstić information content (AvgIpc) is 3.08. The molecule has 1 unspecified atom stereocenters. The topological polar surface area (TPSA) is 44.8 Å². The third-order valence-electron chi connectivity index (χ3n) is 4.56. The summed E-state index contributed by atoms with van der Waals surface area (Å²) in [5.74, 6) is 0. The van der Waals surface area contributed by atoms with E-state index in [9.17, 15) is 4.79 Å². The molecule has 2 aromatic rings. The number of methoxy groups -OCH3 is 1. The highest BCUT2D eigenvalue weighted by molar-refractivity contribution is 9.11. The van der Waals surface area contributed by atoms with E-state index in [1.807, 2.05) is 35.2 Å². The first-order valence-corrected chi connectivity index (χ1v) is 10.3. The molecule has 1 N–H and O–H groups in total. The number of hydrogen-bond acceptors (Lipinski definition) is 4. The lowest BCUT2D eigenvalue weighted by Gasteiger charge is -2.34. The Hall–Kier alpha value is -1.41. The fraction of sp³-hybridized carbons (Fsp3) is 0.421. The van der Waals surface area contributed by atoms with E-state index in [2.05, 4.69) is 38.3 Å². The molecule has 0 radical (unpaired) electrons. The van der Waals surface area contributed by atoms with E-state index in [0.717, 1.165) is 42.1 Å². The highest BCUT2D eigenvalue weighted by Gasteiger charge is 2.22. The minimum atomic E-state index is -0.126. The van der Waals surface area contributed by atoms with Crippen LogP contribution in [0.4, 0.5) is 4.79 Å². The van der Waals surface area contributed by atoms with Crippen molar-refractivity contribution in [3.8, 4) is 0 Å². The van der Waals surface area contributed by atoms with Crippen LogP contribution in [0.2, 0.25) is 0 Å². The van der Waals surface area contributed by atoms with Crippen molar-refractivity contribution in [2.45, 2.75) is 12.6 Å². The number of benzene rings is 1. The van der Waals surface area contributed by atoms with Crippen molar-refractivity contribution in [1.29, 1.82) is 0 Å². The summed E-state index contributed by atoms with van der Waals surface area (Å²) in [4.78, 5) is 18.1. The largest absolute Gasteiger partial charge is 0.375 e. The molecule has 1 aromatic heterocycles. The molecule has 0 spiro atoms. The molecule has 0 saturated carbocycles. The zero-order valence-corrected chi connectivity index (χ0v) is 17.3. The van der Waals surface area contributed by atoms with Gasteiger partial charge in [-0.2, -0.15) is 0 Å². The SMILES string of the molecule is COC(CNC(=O)N1CCN(Cc2ccc(Br)s2)CC1)c1ccccc1. The normalized spacial score (nSPS) is 16.5. The maximum absolute atomic E-state index is 12.5. The third-order valence-corrected chi connectivity index (χ3v) is 6.17. The number of amides is 2. The van der Waals surface area contributed by atoms with Gasteiger partial charge in [0.2, 0.25) is 0 Å². The average molecular weight is 438 g/mol. The number of ether oxygens (including phenoxy) is 1. The van der Waals surface area contributed by atoms with Gasteiger partial charge in [-0.25, -0.2) is 4.79 Å².